The number of nitro groups is 1. The number of nitrogens with zero attached hydrogens (tertiary/aromatic N) is 2. The summed E-state index contributed by atoms with van der Waals surface area (Å²) in [7, 11) is 1.65. The first-order valence-corrected chi connectivity index (χ1v) is 6.61. The highest BCUT2D eigenvalue weighted by atomic mass is 16.6. The van der Waals surface area contributed by atoms with Crippen molar-refractivity contribution in [3.05, 3.63) is 33.9 Å². The third-order valence-electron chi connectivity index (χ3n) is 3.69. The standard InChI is InChI=1S/C13H18N4O4/c1-16(7-8-4-10(18)5-8)13(19)9-2-3-11(15-14)12(6-9)17(20)21/h2-3,6,8,10,15,18H,4-5,7,14H2,1H3. The van der Waals surface area contributed by atoms with Crippen molar-refractivity contribution < 1.29 is 14.8 Å². The maximum absolute atomic E-state index is 12.3. The number of nitrogen functional groups attached to an aromatic ring is 1. The van der Waals surface area contributed by atoms with Crippen molar-refractivity contribution in [2.24, 2.45) is 11.8 Å². The molecule has 21 heavy (non-hydrogen) atoms. The van der Waals surface area contributed by atoms with Crippen LogP contribution in [0.3, 0.4) is 0 Å². The van der Waals surface area contributed by atoms with Crippen LogP contribution in [0.4, 0.5) is 11.4 Å². The molecule has 0 radical (unpaired) electrons. The SMILES string of the molecule is CN(CC1CC(O)C1)C(=O)c1ccc(NN)c([N+](=O)[O-])c1. The molecule has 1 aromatic carbocycles. The van der Waals surface area contributed by atoms with Crippen molar-refractivity contribution >= 4 is 17.3 Å². The number of carbonyl (C=O) groups is 1. The highest BCUT2D eigenvalue weighted by molar-refractivity contribution is 5.95. The minimum Gasteiger partial charge on any atom is -0.393 e. The molecule has 0 aliphatic heterocycles. The monoisotopic (exact) mass is 294 g/mol. The molecule has 0 unspecified atom stereocenters. The Kier molecular flexibility index (Phi) is 4.39. The van der Waals surface area contributed by atoms with Gasteiger partial charge in [0.15, 0.2) is 0 Å². The van der Waals surface area contributed by atoms with E-state index >= 15 is 0 Å². The molecular formula is C13H18N4O4. The first-order valence-electron chi connectivity index (χ1n) is 6.61. The first kappa shape index (κ1) is 15.2. The van der Waals surface area contributed by atoms with E-state index in [1.54, 1.807) is 7.05 Å². The number of nitro benzene ring substituents is 1. The molecule has 0 aromatic heterocycles. The second kappa shape index (κ2) is 6.06. The summed E-state index contributed by atoms with van der Waals surface area (Å²) in [5.74, 6) is 5.20. The zero-order chi connectivity index (χ0) is 15.6. The van der Waals surface area contributed by atoms with Gasteiger partial charge in [0.1, 0.15) is 5.69 Å². The van der Waals surface area contributed by atoms with Gasteiger partial charge in [-0.05, 0) is 30.9 Å². The molecule has 1 saturated carbocycles. The van der Waals surface area contributed by atoms with Gasteiger partial charge in [0.2, 0.25) is 0 Å². The molecule has 1 fully saturated rings. The number of nitrogens with two attached hydrogens (primary N) is 1. The van der Waals surface area contributed by atoms with Gasteiger partial charge in [-0.15, -0.1) is 0 Å². The summed E-state index contributed by atoms with van der Waals surface area (Å²) in [4.78, 5) is 24.1. The van der Waals surface area contributed by atoms with E-state index in [1.165, 1.54) is 23.1 Å². The highest BCUT2D eigenvalue weighted by Gasteiger charge is 2.29. The molecule has 8 nitrogen and oxygen atoms in total. The van der Waals surface area contributed by atoms with Crippen LogP contribution in [0.5, 0.6) is 0 Å². The van der Waals surface area contributed by atoms with E-state index in [9.17, 15) is 20.0 Å². The Labute approximate surface area is 121 Å². The predicted molar refractivity (Wildman–Crippen MR) is 76.6 cm³/mol. The van der Waals surface area contributed by atoms with Gasteiger partial charge in [0.25, 0.3) is 11.6 Å². The van der Waals surface area contributed by atoms with E-state index in [1.807, 2.05) is 0 Å². The number of rotatable bonds is 5. The van der Waals surface area contributed by atoms with Crippen LogP contribution < -0.4 is 11.3 Å². The van der Waals surface area contributed by atoms with E-state index < -0.39 is 4.92 Å². The summed E-state index contributed by atoms with van der Waals surface area (Å²) < 4.78 is 0. The van der Waals surface area contributed by atoms with E-state index in [0.29, 0.717) is 19.4 Å². The molecule has 1 aliphatic carbocycles. The minimum absolute atomic E-state index is 0.154. The Bertz CT molecular complexity index is 557. The van der Waals surface area contributed by atoms with Gasteiger partial charge >= 0.3 is 0 Å². The van der Waals surface area contributed by atoms with E-state index in [0.717, 1.165) is 0 Å². The fourth-order valence-electron chi connectivity index (χ4n) is 2.48. The lowest BCUT2D eigenvalue weighted by atomic mass is 9.82. The normalized spacial score (nSPS) is 20.5. The molecule has 4 N–H and O–H groups in total. The molecule has 1 amide bonds. The second-order valence-corrected chi connectivity index (χ2v) is 5.31. The van der Waals surface area contributed by atoms with E-state index in [2.05, 4.69) is 5.43 Å². The summed E-state index contributed by atoms with van der Waals surface area (Å²) in [5, 5.41) is 20.2. The molecule has 114 valence electrons. The maximum Gasteiger partial charge on any atom is 0.294 e. The Hall–Kier alpha value is -2.19. The molecular weight excluding hydrogens is 276 g/mol. The zero-order valence-corrected chi connectivity index (χ0v) is 11.7. The summed E-state index contributed by atoms with van der Waals surface area (Å²) in [6, 6.07) is 4.12. The number of hydrogen-bond donors (Lipinski definition) is 3. The van der Waals surface area contributed by atoms with Crippen LogP contribution in [0.15, 0.2) is 18.2 Å². The molecule has 8 heteroatoms. The summed E-state index contributed by atoms with van der Waals surface area (Å²) in [5.41, 5.74) is 2.39. The Morgan fingerprint density at radius 3 is 2.76 bits per heavy atom. The molecule has 1 aromatic rings. The quantitative estimate of drug-likeness (QED) is 0.418. The van der Waals surface area contributed by atoms with Crippen molar-refractivity contribution in [1.29, 1.82) is 0 Å². The zero-order valence-electron chi connectivity index (χ0n) is 11.7. The number of nitrogens with one attached hydrogen (secondary N) is 1. The number of hydrogen-bond acceptors (Lipinski definition) is 6. The van der Waals surface area contributed by atoms with Crippen LogP contribution in [-0.4, -0.2) is 40.5 Å². The van der Waals surface area contributed by atoms with Gasteiger partial charge < -0.3 is 15.4 Å². The molecule has 0 saturated heterocycles. The van der Waals surface area contributed by atoms with Crippen LogP contribution >= 0.6 is 0 Å². The number of hydrazine groups is 1. The topological polar surface area (TPSA) is 122 Å². The van der Waals surface area contributed by atoms with Crippen LogP contribution in [-0.2, 0) is 0 Å². The molecule has 0 spiro atoms. The van der Waals surface area contributed by atoms with Crippen LogP contribution in [0.1, 0.15) is 23.2 Å². The number of benzene rings is 1. The fraction of sp³-hybridized carbons (Fsp3) is 0.462. The van der Waals surface area contributed by atoms with Crippen molar-refractivity contribution in [3.8, 4) is 0 Å². The number of aliphatic hydroxyl groups excluding tert-OH is 1. The molecule has 0 heterocycles. The number of carbonyl (C=O) groups excluding carboxylic acids is 1. The maximum atomic E-state index is 12.3. The molecule has 2 rings (SSSR count). The van der Waals surface area contributed by atoms with Crippen molar-refractivity contribution in [3.63, 3.8) is 0 Å². The lowest BCUT2D eigenvalue weighted by Gasteiger charge is -2.34. The van der Waals surface area contributed by atoms with Crippen LogP contribution in [0.2, 0.25) is 0 Å². The molecule has 0 bridgehead atoms. The van der Waals surface area contributed by atoms with E-state index in [-0.39, 0.29) is 34.9 Å². The average molecular weight is 294 g/mol. The smallest absolute Gasteiger partial charge is 0.294 e. The Balaban J connectivity index is 2.11. The van der Waals surface area contributed by atoms with Gasteiger partial charge in [0.05, 0.1) is 11.0 Å². The summed E-state index contributed by atoms with van der Waals surface area (Å²) >= 11 is 0. The van der Waals surface area contributed by atoms with Gasteiger partial charge in [-0.1, -0.05) is 0 Å². The van der Waals surface area contributed by atoms with Crippen molar-refractivity contribution in [2.75, 3.05) is 19.0 Å². The Morgan fingerprint density at radius 2 is 2.24 bits per heavy atom. The second-order valence-electron chi connectivity index (χ2n) is 5.31. The third-order valence-corrected chi connectivity index (χ3v) is 3.69. The van der Waals surface area contributed by atoms with Gasteiger partial charge in [-0.2, -0.15) is 0 Å². The average Bonchev–Trinajstić information content (AvgIpc) is 2.43. The summed E-state index contributed by atoms with van der Waals surface area (Å²) in [6.45, 7) is 0.528. The molecule has 1 aliphatic rings. The lowest BCUT2D eigenvalue weighted by Crippen LogP contribution is -2.39. The largest absolute Gasteiger partial charge is 0.393 e. The molecule has 0 atom stereocenters. The van der Waals surface area contributed by atoms with Crippen molar-refractivity contribution in [1.82, 2.24) is 4.90 Å². The third kappa shape index (κ3) is 3.29. The van der Waals surface area contributed by atoms with Gasteiger partial charge in [0, 0.05) is 25.2 Å². The fourth-order valence-corrected chi connectivity index (χ4v) is 2.48. The van der Waals surface area contributed by atoms with Crippen molar-refractivity contribution in [2.45, 2.75) is 18.9 Å². The Morgan fingerprint density at radius 1 is 1.57 bits per heavy atom. The predicted octanol–water partition coefficient (Wildman–Crippen LogP) is 0.723. The van der Waals surface area contributed by atoms with Gasteiger partial charge in [-0.25, -0.2) is 0 Å². The van der Waals surface area contributed by atoms with Crippen LogP contribution in [0, 0.1) is 16.0 Å². The number of anilines is 1. The first-order chi connectivity index (χ1) is 9.92. The summed E-state index contributed by atoms with van der Waals surface area (Å²) in [6.07, 6.45) is 1.11. The lowest BCUT2D eigenvalue weighted by molar-refractivity contribution is -0.384. The minimum atomic E-state index is -0.589. The van der Waals surface area contributed by atoms with Crippen LogP contribution in [0.25, 0.3) is 0 Å². The van der Waals surface area contributed by atoms with E-state index in [4.69, 9.17) is 5.84 Å². The van der Waals surface area contributed by atoms with Gasteiger partial charge in [-0.3, -0.25) is 20.8 Å². The number of aliphatic hydroxyl groups is 1. The number of amides is 1. The highest BCUT2D eigenvalue weighted by Crippen LogP contribution is 2.29.